The van der Waals surface area contributed by atoms with Crippen molar-refractivity contribution in [2.24, 2.45) is 11.8 Å². The van der Waals surface area contributed by atoms with Crippen LogP contribution in [0.25, 0.3) is 0 Å². The number of hydrogen-bond donors (Lipinski definition) is 3. The summed E-state index contributed by atoms with van der Waals surface area (Å²) in [7, 11) is 0. The Labute approximate surface area is 185 Å². The fourth-order valence-corrected chi connectivity index (χ4v) is 6.02. The van der Waals surface area contributed by atoms with Crippen molar-refractivity contribution in [1.29, 1.82) is 0 Å². The monoisotopic (exact) mass is 456 g/mol. The van der Waals surface area contributed by atoms with Crippen molar-refractivity contribution in [3.8, 4) is 0 Å². The van der Waals surface area contributed by atoms with Crippen LogP contribution in [0, 0.1) is 11.8 Å². The number of aromatic carboxylic acids is 1. The lowest BCUT2D eigenvalue weighted by atomic mass is 9.85. The lowest BCUT2D eigenvalue weighted by Gasteiger charge is -2.23. The number of aryl methyl sites for hydroxylation is 2. The Morgan fingerprint density at radius 2 is 1.86 bits per heavy atom. The zero-order valence-electron chi connectivity index (χ0n) is 16.1. The van der Waals surface area contributed by atoms with Crippen LogP contribution in [0.15, 0.2) is 30.3 Å². The van der Waals surface area contributed by atoms with E-state index >= 15 is 0 Å². The fraction of sp³-hybridized carbons (Fsp3) is 0.500. The molecule has 1 aliphatic carbocycles. The number of aliphatic hydroxyl groups excluding tert-OH is 2. The van der Waals surface area contributed by atoms with E-state index in [-0.39, 0.29) is 23.8 Å². The van der Waals surface area contributed by atoms with Crippen LogP contribution in [0.3, 0.4) is 0 Å². The van der Waals surface area contributed by atoms with Crippen LogP contribution in [-0.4, -0.2) is 32.8 Å². The third kappa shape index (κ3) is 5.96. The minimum Gasteiger partial charge on any atom is -0.477 e. The van der Waals surface area contributed by atoms with Crippen LogP contribution in [0.4, 0.5) is 0 Å². The lowest BCUT2D eigenvalue weighted by Crippen LogP contribution is -2.21. The topological polar surface area (TPSA) is 77.8 Å². The highest BCUT2D eigenvalue weighted by atomic mass is 35.5. The summed E-state index contributed by atoms with van der Waals surface area (Å²) >= 11 is 14.0. The molecule has 1 heterocycles. The third-order valence-corrected chi connectivity index (χ3v) is 7.63. The van der Waals surface area contributed by atoms with Gasteiger partial charge in [0, 0.05) is 15.3 Å². The highest BCUT2D eigenvalue weighted by Gasteiger charge is 2.40. The van der Waals surface area contributed by atoms with Crippen LogP contribution >= 0.6 is 34.5 Å². The number of rotatable bonds is 9. The SMILES string of the molecule is O=C(O)c1ccc(CCCC2C(Cl)CC(O)C2CCc2cc(Cl)cc(CO)c2)s1. The van der Waals surface area contributed by atoms with E-state index in [1.54, 1.807) is 12.1 Å². The maximum absolute atomic E-state index is 11.0. The summed E-state index contributed by atoms with van der Waals surface area (Å²) in [6, 6.07) is 9.16. The van der Waals surface area contributed by atoms with E-state index in [4.69, 9.17) is 28.3 Å². The highest BCUT2D eigenvalue weighted by Crippen LogP contribution is 2.41. The number of carboxylic acid groups (broad SMARTS) is 1. The van der Waals surface area contributed by atoms with Gasteiger partial charge in [-0.3, -0.25) is 0 Å². The van der Waals surface area contributed by atoms with Crippen molar-refractivity contribution in [3.63, 3.8) is 0 Å². The summed E-state index contributed by atoms with van der Waals surface area (Å²) in [4.78, 5) is 12.4. The van der Waals surface area contributed by atoms with Crippen molar-refractivity contribution in [2.45, 2.75) is 56.6 Å². The Morgan fingerprint density at radius 3 is 2.55 bits per heavy atom. The molecule has 0 saturated heterocycles. The molecule has 1 saturated carbocycles. The number of aliphatic hydroxyl groups is 2. The third-order valence-electron chi connectivity index (χ3n) is 5.77. The molecule has 158 valence electrons. The van der Waals surface area contributed by atoms with Crippen molar-refractivity contribution in [3.05, 3.63) is 56.2 Å². The molecule has 2 aromatic rings. The number of thiophene rings is 1. The second-order valence-corrected chi connectivity index (χ2v) is 9.94. The first-order chi connectivity index (χ1) is 13.9. The van der Waals surface area contributed by atoms with Crippen LogP contribution in [0.5, 0.6) is 0 Å². The number of carboxylic acids is 1. The molecule has 1 aromatic carbocycles. The molecule has 29 heavy (non-hydrogen) atoms. The number of halogens is 2. The van der Waals surface area contributed by atoms with Gasteiger partial charge in [-0.05, 0) is 85.8 Å². The minimum atomic E-state index is -0.883. The zero-order chi connectivity index (χ0) is 21.0. The van der Waals surface area contributed by atoms with Gasteiger partial charge in [0.2, 0.25) is 0 Å². The number of benzene rings is 1. The quantitative estimate of drug-likeness (QED) is 0.455. The highest BCUT2D eigenvalue weighted by molar-refractivity contribution is 7.13. The molecule has 1 fully saturated rings. The average molecular weight is 457 g/mol. The van der Waals surface area contributed by atoms with E-state index in [2.05, 4.69) is 0 Å². The number of carbonyl (C=O) groups is 1. The summed E-state index contributed by atoms with van der Waals surface area (Å²) in [5.74, 6) is -0.513. The molecule has 4 unspecified atom stereocenters. The standard InChI is InChI=1S/C22H26Cl2O4S/c23-15-9-13(8-14(10-15)12-25)4-6-18-17(19(24)11-20(18)26)3-1-2-16-5-7-21(29-16)22(27)28/h5,7-10,17-20,25-26H,1-4,6,11-12H2,(H,27,28). The molecule has 0 amide bonds. The smallest absolute Gasteiger partial charge is 0.345 e. The number of alkyl halides is 1. The fourth-order valence-electron chi connectivity index (χ4n) is 4.36. The predicted molar refractivity (Wildman–Crippen MR) is 117 cm³/mol. The van der Waals surface area contributed by atoms with E-state index < -0.39 is 12.1 Å². The van der Waals surface area contributed by atoms with Crippen LogP contribution < -0.4 is 0 Å². The maximum atomic E-state index is 11.0. The Morgan fingerprint density at radius 1 is 1.10 bits per heavy atom. The first-order valence-electron chi connectivity index (χ1n) is 9.90. The van der Waals surface area contributed by atoms with Crippen molar-refractivity contribution < 1.29 is 20.1 Å². The molecule has 7 heteroatoms. The van der Waals surface area contributed by atoms with E-state index in [1.807, 2.05) is 18.2 Å². The predicted octanol–water partition coefficient (Wildman–Crippen LogP) is 5.15. The first-order valence-corrected chi connectivity index (χ1v) is 11.5. The zero-order valence-corrected chi connectivity index (χ0v) is 18.4. The summed E-state index contributed by atoms with van der Waals surface area (Å²) in [6.45, 7) is -0.0433. The Bertz CT molecular complexity index is 838. The van der Waals surface area contributed by atoms with E-state index in [9.17, 15) is 15.0 Å². The number of hydrogen-bond acceptors (Lipinski definition) is 4. The molecular weight excluding hydrogens is 431 g/mol. The molecule has 0 bridgehead atoms. The Hall–Kier alpha value is -1.11. The molecule has 4 nitrogen and oxygen atoms in total. The molecule has 4 atom stereocenters. The molecular formula is C22H26Cl2O4S. The molecule has 0 aliphatic heterocycles. The molecule has 1 aromatic heterocycles. The van der Waals surface area contributed by atoms with Gasteiger partial charge < -0.3 is 15.3 Å². The van der Waals surface area contributed by atoms with Gasteiger partial charge in [-0.2, -0.15) is 0 Å². The maximum Gasteiger partial charge on any atom is 0.345 e. The minimum absolute atomic E-state index is 0.0414. The van der Waals surface area contributed by atoms with Gasteiger partial charge in [0.05, 0.1) is 12.7 Å². The van der Waals surface area contributed by atoms with Gasteiger partial charge >= 0.3 is 5.97 Å². The Balaban J connectivity index is 1.57. The van der Waals surface area contributed by atoms with Crippen molar-refractivity contribution in [2.75, 3.05) is 0 Å². The van der Waals surface area contributed by atoms with Gasteiger partial charge in [-0.15, -0.1) is 22.9 Å². The van der Waals surface area contributed by atoms with E-state index in [1.165, 1.54) is 11.3 Å². The molecule has 3 rings (SSSR count). The summed E-state index contributed by atoms with van der Waals surface area (Å²) < 4.78 is 0. The molecule has 3 N–H and O–H groups in total. The summed E-state index contributed by atoms with van der Waals surface area (Å²) in [5, 5.41) is 29.5. The van der Waals surface area contributed by atoms with Crippen molar-refractivity contribution in [1.82, 2.24) is 0 Å². The molecule has 0 spiro atoms. The average Bonchev–Trinajstić information content (AvgIpc) is 3.25. The summed E-state index contributed by atoms with van der Waals surface area (Å²) in [6.07, 6.45) is 4.46. The first kappa shape index (κ1) is 22.6. The van der Waals surface area contributed by atoms with Crippen LogP contribution in [0.1, 0.15) is 51.4 Å². The van der Waals surface area contributed by atoms with Crippen LogP contribution in [-0.2, 0) is 19.4 Å². The van der Waals surface area contributed by atoms with Gasteiger partial charge in [-0.25, -0.2) is 4.79 Å². The normalized spacial score (nSPS) is 24.1. The van der Waals surface area contributed by atoms with Gasteiger partial charge in [0.1, 0.15) is 4.88 Å². The van der Waals surface area contributed by atoms with E-state index in [0.29, 0.717) is 16.3 Å². The van der Waals surface area contributed by atoms with Gasteiger partial charge in [0.15, 0.2) is 0 Å². The summed E-state index contributed by atoms with van der Waals surface area (Å²) in [5.41, 5.74) is 1.85. The molecule has 1 aliphatic rings. The Kier molecular flexibility index (Phi) is 7.99. The van der Waals surface area contributed by atoms with Crippen LogP contribution in [0.2, 0.25) is 5.02 Å². The second-order valence-electron chi connectivity index (χ2n) is 7.77. The van der Waals surface area contributed by atoms with Crippen molar-refractivity contribution >= 4 is 40.5 Å². The second kappa shape index (κ2) is 10.3. The largest absolute Gasteiger partial charge is 0.477 e. The lowest BCUT2D eigenvalue weighted by molar-refractivity contribution is 0.0702. The van der Waals surface area contributed by atoms with Gasteiger partial charge in [0.25, 0.3) is 0 Å². The molecule has 0 radical (unpaired) electrons. The van der Waals surface area contributed by atoms with Gasteiger partial charge in [-0.1, -0.05) is 17.7 Å². The van der Waals surface area contributed by atoms with E-state index in [0.717, 1.165) is 48.1 Å².